The fourth-order valence-electron chi connectivity index (χ4n) is 3.17. The van der Waals surface area contributed by atoms with Gasteiger partial charge in [-0.25, -0.2) is 4.98 Å². The number of hydrogen-bond donors (Lipinski definition) is 0. The molecular weight excluding hydrogens is 416 g/mol. The molecule has 0 spiro atoms. The van der Waals surface area contributed by atoms with E-state index in [1.165, 1.54) is 0 Å². The molecule has 30 heavy (non-hydrogen) atoms. The number of thiazole rings is 1. The Morgan fingerprint density at radius 1 is 0.933 bits per heavy atom. The van der Waals surface area contributed by atoms with Crippen LogP contribution < -0.4 is 9.47 Å². The molecule has 2 aromatic heterocycles. The zero-order chi connectivity index (χ0) is 20.9. The summed E-state index contributed by atoms with van der Waals surface area (Å²) in [5.41, 5.74) is 2.96. The van der Waals surface area contributed by atoms with Crippen molar-refractivity contribution in [1.29, 1.82) is 0 Å². The summed E-state index contributed by atoms with van der Waals surface area (Å²) in [6, 6.07) is 15.8. The van der Waals surface area contributed by atoms with Crippen molar-refractivity contribution in [3.05, 3.63) is 59.6 Å². The first-order chi connectivity index (χ1) is 14.7. The van der Waals surface area contributed by atoms with E-state index in [2.05, 4.69) is 27.1 Å². The van der Waals surface area contributed by atoms with Gasteiger partial charge in [0.1, 0.15) is 16.5 Å². The fourth-order valence-corrected chi connectivity index (χ4v) is 5.02. The molecule has 154 valence electrons. The third-order valence-corrected chi connectivity index (χ3v) is 6.54. The molecule has 0 radical (unpaired) electrons. The van der Waals surface area contributed by atoms with Gasteiger partial charge >= 0.3 is 0 Å². The Hall–Kier alpha value is -2.84. The second-order valence-electron chi connectivity index (χ2n) is 6.38. The van der Waals surface area contributed by atoms with E-state index in [0.717, 1.165) is 56.6 Å². The molecule has 0 atom stereocenters. The third-order valence-electron chi connectivity index (χ3n) is 4.62. The van der Waals surface area contributed by atoms with E-state index < -0.39 is 0 Å². The number of aromatic nitrogens is 4. The Morgan fingerprint density at radius 3 is 2.30 bits per heavy atom. The summed E-state index contributed by atoms with van der Waals surface area (Å²) in [6.07, 6.45) is 0. The SMILES string of the molecule is CCn1c(SCc2csc(-c3ccccc3OC)n2)nnc1-c1ccccc1OC. The van der Waals surface area contributed by atoms with Gasteiger partial charge in [-0.3, -0.25) is 0 Å². The van der Waals surface area contributed by atoms with Crippen molar-refractivity contribution in [3.8, 4) is 33.5 Å². The highest BCUT2D eigenvalue weighted by molar-refractivity contribution is 7.98. The second-order valence-corrected chi connectivity index (χ2v) is 8.18. The van der Waals surface area contributed by atoms with Crippen LogP contribution in [0.25, 0.3) is 22.0 Å². The predicted molar refractivity (Wildman–Crippen MR) is 121 cm³/mol. The Morgan fingerprint density at radius 2 is 1.60 bits per heavy atom. The van der Waals surface area contributed by atoms with Crippen molar-refractivity contribution in [1.82, 2.24) is 19.7 Å². The molecule has 0 fully saturated rings. The van der Waals surface area contributed by atoms with Crippen LogP contribution in [0.15, 0.2) is 59.1 Å². The van der Waals surface area contributed by atoms with Gasteiger partial charge in [-0.1, -0.05) is 36.0 Å². The average Bonchev–Trinajstić information content (AvgIpc) is 3.44. The molecule has 0 aliphatic carbocycles. The summed E-state index contributed by atoms with van der Waals surface area (Å²) in [4.78, 5) is 4.79. The molecule has 4 aromatic rings. The van der Waals surface area contributed by atoms with Crippen LogP contribution in [-0.2, 0) is 12.3 Å². The van der Waals surface area contributed by atoms with Gasteiger partial charge in [0, 0.05) is 17.7 Å². The highest BCUT2D eigenvalue weighted by atomic mass is 32.2. The quantitative estimate of drug-likeness (QED) is 0.343. The molecule has 2 aromatic carbocycles. The highest BCUT2D eigenvalue weighted by Crippen LogP contribution is 2.34. The minimum Gasteiger partial charge on any atom is -0.496 e. The molecule has 0 amide bonds. The molecule has 6 nitrogen and oxygen atoms in total. The lowest BCUT2D eigenvalue weighted by Crippen LogP contribution is -2.01. The van der Waals surface area contributed by atoms with E-state index in [-0.39, 0.29) is 0 Å². The summed E-state index contributed by atoms with van der Waals surface area (Å²) in [5, 5.41) is 12.8. The molecular formula is C22H22N4O2S2. The van der Waals surface area contributed by atoms with E-state index in [9.17, 15) is 0 Å². The van der Waals surface area contributed by atoms with Crippen molar-refractivity contribution in [3.63, 3.8) is 0 Å². The van der Waals surface area contributed by atoms with Crippen LogP contribution in [0.2, 0.25) is 0 Å². The van der Waals surface area contributed by atoms with Crippen molar-refractivity contribution in [2.45, 2.75) is 24.4 Å². The first-order valence-corrected chi connectivity index (χ1v) is 11.4. The predicted octanol–water partition coefficient (Wildman–Crippen LogP) is 5.40. The van der Waals surface area contributed by atoms with Gasteiger partial charge < -0.3 is 14.0 Å². The summed E-state index contributed by atoms with van der Waals surface area (Å²) in [7, 11) is 3.35. The zero-order valence-corrected chi connectivity index (χ0v) is 18.7. The van der Waals surface area contributed by atoms with Crippen LogP contribution in [0.5, 0.6) is 11.5 Å². The molecule has 0 bridgehead atoms. The van der Waals surface area contributed by atoms with Gasteiger partial charge in [0.05, 0.1) is 31.0 Å². The monoisotopic (exact) mass is 438 g/mol. The van der Waals surface area contributed by atoms with E-state index in [1.807, 2.05) is 48.5 Å². The van der Waals surface area contributed by atoms with Gasteiger partial charge in [-0.15, -0.1) is 21.5 Å². The van der Waals surface area contributed by atoms with Gasteiger partial charge in [-0.05, 0) is 31.2 Å². The normalized spacial score (nSPS) is 10.9. The van der Waals surface area contributed by atoms with Gasteiger partial charge in [0.15, 0.2) is 11.0 Å². The number of nitrogens with zero attached hydrogens (tertiary/aromatic N) is 4. The topological polar surface area (TPSA) is 62.1 Å². The van der Waals surface area contributed by atoms with Crippen LogP contribution in [0.1, 0.15) is 12.6 Å². The lowest BCUT2D eigenvalue weighted by atomic mass is 10.2. The smallest absolute Gasteiger partial charge is 0.191 e. The number of thioether (sulfide) groups is 1. The molecule has 0 aliphatic rings. The minimum absolute atomic E-state index is 0.718. The van der Waals surface area contributed by atoms with Crippen molar-refractivity contribution >= 4 is 23.1 Å². The Labute approximate surface area is 183 Å². The fraction of sp³-hybridized carbons (Fsp3) is 0.227. The van der Waals surface area contributed by atoms with Crippen molar-refractivity contribution in [2.75, 3.05) is 14.2 Å². The summed E-state index contributed by atoms with van der Waals surface area (Å²) in [6.45, 7) is 2.86. The van der Waals surface area contributed by atoms with Gasteiger partial charge in [0.2, 0.25) is 0 Å². The number of para-hydroxylation sites is 2. The summed E-state index contributed by atoms with van der Waals surface area (Å²) >= 11 is 3.25. The average molecular weight is 439 g/mol. The minimum atomic E-state index is 0.718. The van der Waals surface area contributed by atoms with E-state index >= 15 is 0 Å². The Kier molecular flexibility index (Phi) is 6.35. The lowest BCUT2D eigenvalue weighted by molar-refractivity contribution is 0.416. The maximum absolute atomic E-state index is 5.49. The van der Waals surface area contributed by atoms with Gasteiger partial charge in [0.25, 0.3) is 0 Å². The first kappa shape index (κ1) is 20.4. The van der Waals surface area contributed by atoms with E-state index in [4.69, 9.17) is 14.5 Å². The van der Waals surface area contributed by atoms with Crippen LogP contribution in [-0.4, -0.2) is 34.0 Å². The summed E-state index contributed by atoms with van der Waals surface area (Å²) in [5.74, 6) is 3.15. The Bertz CT molecular complexity index is 1140. The first-order valence-electron chi connectivity index (χ1n) is 9.52. The maximum Gasteiger partial charge on any atom is 0.191 e. The maximum atomic E-state index is 5.49. The number of methoxy groups -OCH3 is 2. The number of benzene rings is 2. The number of ether oxygens (including phenoxy) is 2. The molecule has 8 heteroatoms. The lowest BCUT2D eigenvalue weighted by Gasteiger charge is -2.10. The second kappa shape index (κ2) is 9.32. The van der Waals surface area contributed by atoms with Crippen LogP contribution in [0.3, 0.4) is 0 Å². The standard InChI is InChI=1S/C22H22N4O2S2/c1-4-26-20(16-9-5-7-11-18(16)27-2)24-25-22(26)30-14-15-13-29-21(23-15)17-10-6-8-12-19(17)28-3/h5-13H,4,14H2,1-3H3. The molecule has 0 aliphatic heterocycles. The molecule has 0 saturated heterocycles. The van der Waals surface area contributed by atoms with E-state index in [0.29, 0.717) is 0 Å². The Balaban J connectivity index is 1.54. The number of hydrogen-bond acceptors (Lipinski definition) is 7. The molecule has 0 saturated carbocycles. The largest absolute Gasteiger partial charge is 0.496 e. The highest BCUT2D eigenvalue weighted by Gasteiger charge is 2.17. The third kappa shape index (κ3) is 4.06. The number of rotatable bonds is 8. The molecule has 0 unspecified atom stereocenters. The molecule has 0 N–H and O–H groups in total. The van der Waals surface area contributed by atoms with Crippen LogP contribution in [0, 0.1) is 0 Å². The molecule has 4 rings (SSSR count). The van der Waals surface area contributed by atoms with Gasteiger partial charge in [-0.2, -0.15) is 0 Å². The molecule has 2 heterocycles. The van der Waals surface area contributed by atoms with E-state index in [1.54, 1.807) is 37.3 Å². The summed E-state index contributed by atoms with van der Waals surface area (Å²) < 4.78 is 13.1. The van der Waals surface area contributed by atoms with Crippen LogP contribution >= 0.6 is 23.1 Å². The van der Waals surface area contributed by atoms with Crippen molar-refractivity contribution < 1.29 is 9.47 Å². The zero-order valence-electron chi connectivity index (χ0n) is 17.0. The van der Waals surface area contributed by atoms with Crippen molar-refractivity contribution in [2.24, 2.45) is 0 Å². The van der Waals surface area contributed by atoms with Crippen LogP contribution in [0.4, 0.5) is 0 Å².